The summed E-state index contributed by atoms with van der Waals surface area (Å²) >= 11 is 1.63. The molecule has 8 heteroatoms. The molecule has 0 aromatic heterocycles. The lowest BCUT2D eigenvalue weighted by Crippen LogP contribution is -2.54. The van der Waals surface area contributed by atoms with Gasteiger partial charge in [-0.25, -0.2) is 0 Å². The lowest BCUT2D eigenvalue weighted by molar-refractivity contribution is -0.216. The average molecular weight is 495 g/mol. The molecule has 0 saturated carbocycles. The van der Waals surface area contributed by atoms with Gasteiger partial charge in [0.2, 0.25) is 0 Å². The Labute approximate surface area is 203 Å². The van der Waals surface area contributed by atoms with Crippen LogP contribution in [0.5, 0.6) is 0 Å². The predicted molar refractivity (Wildman–Crippen MR) is 131 cm³/mol. The van der Waals surface area contributed by atoms with Crippen LogP contribution in [-0.4, -0.2) is 62.5 Å². The minimum atomic E-state index is -2.17. The maximum Gasteiger partial charge on any atom is 0.192 e. The molecule has 4 rings (SSSR count). The number of ether oxygens (including phenoxy) is 4. The van der Waals surface area contributed by atoms with E-state index < -0.39 is 32.6 Å². The van der Waals surface area contributed by atoms with Gasteiger partial charge in [0.25, 0.3) is 0 Å². The molecule has 6 atom stereocenters. The third-order valence-corrected chi connectivity index (χ3v) is 12.9. The average Bonchev–Trinajstić information content (AvgIpc) is 3.19. The molecule has 0 bridgehead atoms. The fraction of sp³-hybridized carbons (Fsp3) is 0.720. The van der Waals surface area contributed by atoms with Gasteiger partial charge in [0.05, 0.1) is 5.25 Å². The van der Waals surface area contributed by atoms with Gasteiger partial charge in [0.15, 0.2) is 26.2 Å². The second kappa shape index (κ2) is 9.37. The first kappa shape index (κ1) is 25.4. The molecule has 33 heavy (non-hydrogen) atoms. The topological polar surface area (TPSA) is 63.2 Å². The van der Waals surface area contributed by atoms with Gasteiger partial charge >= 0.3 is 0 Å². The number of benzene rings is 1. The van der Waals surface area contributed by atoms with E-state index in [4.69, 9.17) is 23.4 Å². The summed E-state index contributed by atoms with van der Waals surface area (Å²) in [7, 11) is -2.17. The smallest absolute Gasteiger partial charge is 0.192 e. The first-order valence-corrected chi connectivity index (χ1v) is 15.7. The summed E-state index contributed by atoms with van der Waals surface area (Å²) in [6.07, 6.45) is -0.886. The number of carbonyl (C=O) groups excluding carboxylic acids is 1. The normalized spacial score (nSPS) is 33.2. The lowest BCUT2D eigenvalue weighted by atomic mass is 9.98. The van der Waals surface area contributed by atoms with E-state index in [2.05, 4.69) is 46.0 Å². The molecule has 0 radical (unpaired) electrons. The molecular weight excluding hydrogens is 456 g/mol. The number of hydrogen-bond acceptors (Lipinski definition) is 7. The summed E-state index contributed by atoms with van der Waals surface area (Å²) in [5, 5.41) is -0.250. The van der Waals surface area contributed by atoms with Crippen LogP contribution in [0.25, 0.3) is 0 Å². The number of hydrogen-bond donors (Lipinski definition) is 0. The van der Waals surface area contributed by atoms with E-state index in [1.807, 2.05) is 32.0 Å². The molecule has 184 valence electrons. The fourth-order valence-corrected chi connectivity index (χ4v) is 6.98. The van der Waals surface area contributed by atoms with Gasteiger partial charge in [0.1, 0.15) is 24.4 Å². The van der Waals surface area contributed by atoms with E-state index in [0.29, 0.717) is 13.0 Å². The second-order valence-electron chi connectivity index (χ2n) is 11.2. The van der Waals surface area contributed by atoms with E-state index >= 15 is 0 Å². The van der Waals surface area contributed by atoms with E-state index in [9.17, 15) is 4.79 Å². The summed E-state index contributed by atoms with van der Waals surface area (Å²) in [5.41, 5.74) is 0. The van der Waals surface area contributed by atoms with E-state index in [0.717, 1.165) is 11.3 Å². The molecule has 0 spiro atoms. The maximum absolute atomic E-state index is 13.0. The molecule has 0 N–H and O–H groups in total. The standard InChI is InChI=1S/C25H38O6SSi/c1-24(2,3)33(6,7)31-19-20(28-23-21(19)29-25(4,5)30-23)22(18-17(26)14-11-15-27-18)32-16-12-9-8-10-13-16/h8-10,12-13,18-23H,11,14-15H2,1-7H3/t18-,19-,20-,21+,22?,23+/m0/s1. The van der Waals surface area contributed by atoms with Crippen molar-refractivity contribution in [2.45, 2.75) is 112 Å². The van der Waals surface area contributed by atoms with Gasteiger partial charge in [-0.3, -0.25) is 4.79 Å². The highest BCUT2D eigenvalue weighted by Gasteiger charge is 2.60. The summed E-state index contributed by atoms with van der Waals surface area (Å²) < 4.78 is 32.0. The quantitative estimate of drug-likeness (QED) is 0.400. The van der Waals surface area contributed by atoms with Crippen LogP contribution >= 0.6 is 11.8 Å². The van der Waals surface area contributed by atoms with E-state index in [1.165, 1.54) is 0 Å². The molecule has 3 saturated heterocycles. The highest BCUT2D eigenvalue weighted by atomic mass is 32.2. The zero-order valence-electron chi connectivity index (χ0n) is 20.8. The summed E-state index contributed by atoms with van der Waals surface area (Å²) in [5.74, 6) is -0.613. The molecule has 0 aliphatic carbocycles. The SMILES string of the molecule is CC1(C)O[C@H]2O[C@H](C(Sc3ccccc3)[C@H]3OCCCC3=O)[C@H](O[Si](C)(C)C(C)(C)C)[C@H]2O1. The summed E-state index contributed by atoms with van der Waals surface area (Å²) in [4.78, 5) is 14.1. The predicted octanol–water partition coefficient (Wildman–Crippen LogP) is 5.16. The van der Waals surface area contributed by atoms with E-state index in [1.54, 1.807) is 11.8 Å². The van der Waals surface area contributed by atoms with Crippen molar-refractivity contribution < 1.29 is 28.2 Å². The molecule has 0 amide bonds. The van der Waals surface area contributed by atoms with Crippen molar-refractivity contribution in [1.29, 1.82) is 0 Å². The molecule has 1 aromatic carbocycles. The van der Waals surface area contributed by atoms with Crippen molar-refractivity contribution in [1.82, 2.24) is 0 Å². The van der Waals surface area contributed by atoms with Crippen molar-refractivity contribution in [3.05, 3.63) is 30.3 Å². The molecule has 6 nitrogen and oxygen atoms in total. The van der Waals surface area contributed by atoms with Gasteiger partial charge < -0.3 is 23.4 Å². The third-order valence-electron chi connectivity index (χ3n) is 7.08. The Balaban J connectivity index is 1.69. The number of ketones is 1. The van der Waals surface area contributed by atoms with Crippen LogP contribution in [0.2, 0.25) is 18.1 Å². The number of rotatable bonds is 6. The van der Waals surface area contributed by atoms with Crippen LogP contribution in [0.15, 0.2) is 35.2 Å². The molecule has 3 aliphatic heterocycles. The first-order valence-electron chi connectivity index (χ1n) is 11.9. The van der Waals surface area contributed by atoms with Crippen LogP contribution < -0.4 is 0 Å². The van der Waals surface area contributed by atoms with Gasteiger partial charge in [-0.2, -0.15) is 0 Å². The van der Waals surface area contributed by atoms with Gasteiger partial charge in [-0.15, -0.1) is 11.8 Å². The Hall–Kier alpha value is -0.743. The number of thioether (sulfide) groups is 1. The Kier molecular flexibility index (Phi) is 7.20. The highest BCUT2D eigenvalue weighted by molar-refractivity contribution is 8.00. The fourth-order valence-electron chi connectivity index (χ4n) is 4.35. The lowest BCUT2D eigenvalue weighted by Gasteiger charge is -2.42. The maximum atomic E-state index is 13.0. The Morgan fingerprint density at radius 1 is 1.15 bits per heavy atom. The minimum Gasteiger partial charge on any atom is -0.408 e. The molecule has 3 fully saturated rings. The highest BCUT2D eigenvalue weighted by Crippen LogP contribution is 2.47. The Morgan fingerprint density at radius 2 is 1.85 bits per heavy atom. The molecule has 3 heterocycles. The van der Waals surface area contributed by atoms with Crippen LogP contribution in [0.1, 0.15) is 47.5 Å². The Morgan fingerprint density at radius 3 is 2.48 bits per heavy atom. The molecular formula is C25H38O6SSi. The largest absolute Gasteiger partial charge is 0.408 e. The second-order valence-corrected chi connectivity index (χ2v) is 17.2. The first-order chi connectivity index (χ1) is 15.4. The molecule has 1 unspecified atom stereocenters. The van der Waals surface area contributed by atoms with E-state index in [-0.39, 0.29) is 28.3 Å². The van der Waals surface area contributed by atoms with Gasteiger partial charge in [-0.05, 0) is 50.5 Å². The zero-order chi connectivity index (χ0) is 24.0. The Bertz CT molecular complexity index is 839. The minimum absolute atomic E-state index is 0.0177. The van der Waals surface area contributed by atoms with Crippen LogP contribution in [-0.2, 0) is 28.2 Å². The van der Waals surface area contributed by atoms with Crippen LogP contribution in [0, 0.1) is 0 Å². The number of carbonyl (C=O) groups is 1. The van der Waals surface area contributed by atoms with Crippen molar-refractivity contribution in [2.24, 2.45) is 0 Å². The number of fused-ring (bicyclic) bond motifs is 1. The third kappa shape index (κ3) is 5.42. The van der Waals surface area contributed by atoms with Gasteiger partial charge in [-0.1, -0.05) is 39.0 Å². The van der Waals surface area contributed by atoms with Crippen molar-refractivity contribution >= 4 is 25.9 Å². The van der Waals surface area contributed by atoms with Crippen molar-refractivity contribution in [3.8, 4) is 0 Å². The van der Waals surface area contributed by atoms with Crippen LogP contribution in [0.3, 0.4) is 0 Å². The summed E-state index contributed by atoms with van der Waals surface area (Å²) in [6.45, 7) is 15.5. The van der Waals surface area contributed by atoms with Crippen molar-refractivity contribution in [3.63, 3.8) is 0 Å². The number of Topliss-reactive ketones (excluding diaryl/α,β-unsaturated/α-hetero) is 1. The van der Waals surface area contributed by atoms with Crippen LogP contribution in [0.4, 0.5) is 0 Å². The van der Waals surface area contributed by atoms with Crippen molar-refractivity contribution in [2.75, 3.05) is 6.61 Å². The van der Waals surface area contributed by atoms with Gasteiger partial charge in [0, 0.05) is 17.9 Å². The molecule has 3 aliphatic rings. The summed E-state index contributed by atoms with van der Waals surface area (Å²) in [6, 6.07) is 10.1. The molecule has 1 aromatic rings. The monoisotopic (exact) mass is 494 g/mol. The zero-order valence-corrected chi connectivity index (χ0v) is 22.6.